The van der Waals surface area contributed by atoms with Gasteiger partial charge < -0.3 is 10.4 Å². The molecule has 0 saturated heterocycles. The number of sulfone groups is 1. The maximum atomic E-state index is 12.6. The summed E-state index contributed by atoms with van der Waals surface area (Å²) in [5.41, 5.74) is 0.222. The van der Waals surface area contributed by atoms with E-state index in [0.717, 1.165) is 0 Å². The molecule has 0 unspecified atom stereocenters. The van der Waals surface area contributed by atoms with Crippen molar-refractivity contribution in [2.45, 2.75) is 9.79 Å². The fourth-order valence-electron chi connectivity index (χ4n) is 1.80. The average Bonchev–Trinajstić information content (AvgIpc) is 2.45. The van der Waals surface area contributed by atoms with Crippen LogP contribution < -0.4 is 5.32 Å². The Labute approximate surface area is 127 Å². The first kappa shape index (κ1) is 15.3. The van der Waals surface area contributed by atoms with E-state index in [0.29, 0.717) is 0 Å². The topological polar surface area (TPSA) is 83.5 Å². The molecule has 21 heavy (non-hydrogen) atoms. The first-order chi connectivity index (χ1) is 9.93. The molecular formula is C14H12ClNO4S. The Kier molecular flexibility index (Phi) is 4.50. The third kappa shape index (κ3) is 3.34. The van der Waals surface area contributed by atoms with Crippen molar-refractivity contribution in [1.29, 1.82) is 0 Å². The van der Waals surface area contributed by atoms with Crippen LogP contribution in [0.5, 0.6) is 0 Å². The molecule has 0 heterocycles. The van der Waals surface area contributed by atoms with Gasteiger partial charge in [0.15, 0.2) is 0 Å². The molecule has 110 valence electrons. The van der Waals surface area contributed by atoms with Crippen molar-refractivity contribution in [3.05, 3.63) is 53.6 Å². The van der Waals surface area contributed by atoms with Crippen LogP contribution in [0.3, 0.4) is 0 Å². The van der Waals surface area contributed by atoms with Crippen molar-refractivity contribution in [2.24, 2.45) is 0 Å². The van der Waals surface area contributed by atoms with Gasteiger partial charge in [0.2, 0.25) is 9.84 Å². The number of benzene rings is 2. The predicted molar refractivity (Wildman–Crippen MR) is 79.5 cm³/mol. The lowest BCUT2D eigenvalue weighted by Gasteiger charge is -2.12. The van der Waals surface area contributed by atoms with Gasteiger partial charge in [-0.1, -0.05) is 35.9 Å². The summed E-state index contributed by atoms with van der Waals surface area (Å²) in [6.45, 7) is -0.380. The molecular weight excluding hydrogens is 314 g/mol. The minimum absolute atomic E-state index is 0.0145. The highest BCUT2D eigenvalue weighted by molar-refractivity contribution is 7.91. The Morgan fingerprint density at radius 1 is 1.05 bits per heavy atom. The second-order valence-electron chi connectivity index (χ2n) is 4.18. The van der Waals surface area contributed by atoms with Crippen molar-refractivity contribution in [2.75, 3.05) is 11.9 Å². The van der Waals surface area contributed by atoms with E-state index >= 15 is 0 Å². The van der Waals surface area contributed by atoms with Crippen LogP contribution in [-0.4, -0.2) is 26.0 Å². The lowest BCUT2D eigenvalue weighted by molar-refractivity contribution is -0.134. The van der Waals surface area contributed by atoms with Gasteiger partial charge in [0.25, 0.3) is 0 Å². The highest BCUT2D eigenvalue weighted by Gasteiger charge is 2.23. The summed E-state index contributed by atoms with van der Waals surface area (Å²) >= 11 is 5.94. The zero-order valence-electron chi connectivity index (χ0n) is 10.8. The number of halogens is 1. The number of nitrogens with one attached hydrogen (secondary N) is 1. The molecule has 2 aromatic carbocycles. The molecule has 0 saturated carbocycles. The van der Waals surface area contributed by atoms with Gasteiger partial charge in [0.05, 0.1) is 20.5 Å². The van der Waals surface area contributed by atoms with Gasteiger partial charge in [-0.2, -0.15) is 0 Å². The lowest BCUT2D eigenvalue weighted by Crippen LogP contribution is -2.15. The summed E-state index contributed by atoms with van der Waals surface area (Å²) in [6, 6.07) is 12.2. The van der Waals surface area contributed by atoms with Crippen LogP contribution in [0, 0.1) is 0 Å². The van der Waals surface area contributed by atoms with Gasteiger partial charge in [0, 0.05) is 0 Å². The molecule has 0 amide bonds. The van der Waals surface area contributed by atoms with Crippen molar-refractivity contribution in [1.82, 2.24) is 0 Å². The van der Waals surface area contributed by atoms with Crippen LogP contribution in [-0.2, 0) is 14.6 Å². The van der Waals surface area contributed by atoms with Gasteiger partial charge >= 0.3 is 5.97 Å². The molecule has 2 N–H and O–H groups in total. The number of anilines is 1. The van der Waals surface area contributed by atoms with E-state index in [2.05, 4.69) is 5.32 Å². The number of carbonyl (C=O) groups is 1. The monoisotopic (exact) mass is 325 g/mol. The van der Waals surface area contributed by atoms with Gasteiger partial charge in [-0.25, -0.2) is 8.42 Å². The number of aliphatic carboxylic acids is 1. The summed E-state index contributed by atoms with van der Waals surface area (Å²) in [4.78, 5) is 10.6. The van der Waals surface area contributed by atoms with E-state index in [1.165, 1.54) is 24.3 Å². The van der Waals surface area contributed by atoms with Gasteiger partial charge in [-0.05, 0) is 24.3 Å². The number of hydrogen-bond donors (Lipinski definition) is 2. The maximum absolute atomic E-state index is 12.6. The van der Waals surface area contributed by atoms with Crippen LogP contribution in [0.1, 0.15) is 0 Å². The zero-order valence-corrected chi connectivity index (χ0v) is 12.4. The van der Waals surface area contributed by atoms with E-state index in [-0.39, 0.29) is 27.0 Å². The predicted octanol–water partition coefficient (Wildman–Crippen LogP) is 2.67. The second-order valence-corrected chi connectivity index (χ2v) is 6.47. The van der Waals surface area contributed by atoms with Crippen molar-refractivity contribution >= 4 is 33.1 Å². The van der Waals surface area contributed by atoms with Gasteiger partial charge in [-0.15, -0.1) is 0 Å². The molecule has 0 aliphatic heterocycles. The normalized spacial score (nSPS) is 11.1. The second kappa shape index (κ2) is 6.15. The Balaban J connectivity index is 2.51. The number of carboxylic acid groups (broad SMARTS) is 1. The van der Waals surface area contributed by atoms with Crippen LogP contribution in [0.15, 0.2) is 58.3 Å². The average molecular weight is 326 g/mol. The fraction of sp³-hybridized carbons (Fsp3) is 0.0714. The van der Waals surface area contributed by atoms with Crippen LogP contribution in [0.4, 0.5) is 5.69 Å². The van der Waals surface area contributed by atoms with E-state index in [4.69, 9.17) is 16.7 Å². The fourth-order valence-corrected chi connectivity index (χ4v) is 3.75. The summed E-state index contributed by atoms with van der Waals surface area (Å²) in [7, 11) is -3.84. The van der Waals surface area contributed by atoms with E-state index < -0.39 is 15.8 Å². The Morgan fingerprint density at radius 2 is 1.62 bits per heavy atom. The minimum Gasteiger partial charge on any atom is -0.480 e. The van der Waals surface area contributed by atoms with Crippen molar-refractivity contribution in [3.63, 3.8) is 0 Å². The SMILES string of the molecule is O=C(O)CNc1ccccc1S(=O)(=O)c1ccccc1Cl. The molecule has 7 heteroatoms. The highest BCUT2D eigenvalue weighted by Crippen LogP contribution is 2.31. The minimum atomic E-state index is -3.84. The van der Waals surface area contributed by atoms with Gasteiger partial charge in [-0.3, -0.25) is 4.79 Å². The smallest absolute Gasteiger partial charge is 0.322 e. The molecule has 0 bridgehead atoms. The molecule has 2 aromatic rings. The van der Waals surface area contributed by atoms with Gasteiger partial charge in [0.1, 0.15) is 6.54 Å². The Bertz CT molecular complexity index is 774. The van der Waals surface area contributed by atoms with E-state index in [1.807, 2.05) is 0 Å². The molecule has 5 nitrogen and oxygen atoms in total. The Hall–Kier alpha value is -2.05. The Morgan fingerprint density at radius 3 is 2.24 bits per heavy atom. The number of para-hydroxylation sites is 1. The quantitative estimate of drug-likeness (QED) is 0.883. The summed E-state index contributed by atoms with van der Waals surface area (Å²) in [6.07, 6.45) is 0. The third-order valence-corrected chi connectivity index (χ3v) is 5.04. The number of rotatable bonds is 5. The molecule has 0 spiro atoms. The highest BCUT2D eigenvalue weighted by atomic mass is 35.5. The van der Waals surface area contributed by atoms with Crippen molar-refractivity contribution in [3.8, 4) is 0 Å². The molecule has 0 fully saturated rings. The summed E-state index contributed by atoms with van der Waals surface area (Å²) in [5.74, 6) is -1.08. The van der Waals surface area contributed by atoms with Crippen LogP contribution >= 0.6 is 11.6 Å². The van der Waals surface area contributed by atoms with Crippen LogP contribution in [0.2, 0.25) is 5.02 Å². The molecule has 2 rings (SSSR count). The molecule has 0 radical (unpaired) electrons. The molecule has 0 aliphatic carbocycles. The lowest BCUT2D eigenvalue weighted by atomic mass is 10.3. The summed E-state index contributed by atoms with van der Waals surface area (Å²) in [5, 5.41) is 11.4. The largest absolute Gasteiger partial charge is 0.480 e. The molecule has 0 aromatic heterocycles. The molecule has 0 atom stereocenters. The van der Waals surface area contributed by atoms with E-state index in [9.17, 15) is 13.2 Å². The third-order valence-electron chi connectivity index (χ3n) is 2.73. The number of carboxylic acids is 1. The zero-order chi connectivity index (χ0) is 15.5. The van der Waals surface area contributed by atoms with E-state index in [1.54, 1.807) is 24.3 Å². The molecule has 0 aliphatic rings. The summed E-state index contributed by atoms with van der Waals surface area (Å²) < 4.78 is 25.3. The first-order valence-corrected chi connectivity index (χ1v) is 7.83. The maximum Gasteiger partial charge on any atom is 0.322 e. The first-order valence-electron chi connectivity index (χ1n) is 5.97. The number of hydrogen-bond acceptors (Lipinski definition) is 4. The standard InChI is InChI=1S/C14H12ClNO4S/c15-10-5-1-3-7-12(10)21(19,20)13-8-4-2-6-11(13)16-9-14(17)18/h1-8,16H,9H2,(H,17,18). The van der Waals surface area contributed by atoms with Crippen molar-refractivity contribution < 1.29 is 18.3 Å². The van der Waals surface area contributed by atoms with Crippen LogP contribution in [0.25, 0.3) is 0 Å².